The van der Waals surface area contributed by atoms with Crippen LogP contribution < -0.4 is 5.56 Å². The van der Waals surface area contributed by atoms with Crippen molar-refractivity contribution in [2.75, 3.05) is 0 Å². The molecule has 1 N–H and O–H groups in total. The molecule has 4 nitrogen and oxygen atoms in total. The van der Waals surface area contributed by atoms with Gasteiger partial charge in [0.1, 0.15) is 5.82 Å². The average Bonchev–Trinajstić information content (AvgIpc) is 2.53. The Morgan fingerprint density at radius 1 is 1.32 bits per heavy atom. The zero-order valence-corrected chi connectivity index (χ0v) is 12.9. The van der Waals surface area contributed by atoms with E-state index in [2.05, 4.69) is 23.0 Å². The van der Waals surface area contributed by atoms with Gasteiger partial charge in [-0.05, 0) is 42.2 Å². The first kappa shape index (κ1) is 15.7. The molecule has 0 aliphatic carbocycles. The van der Waals surface area contributed by atoms with Crippen LogP contribution in [-0.2, 0) is 6.42 Å². The van der Waals surface area contributed by atoms with Gasteiger partial charge in [-0.1, -0.05) is 32.4 Å². The highest BCUT2D eigenvalue weighted by Gasteiger charge is 2.06. The minimum Gasteiger partial charge on any atom is -0.307 e. The van der Waals surface area contributed by atoms with Crippen LogP contribution in [0.4, 0.5) is 0 Å². The third-order valence-corrected chi connectivity index (χ3v) is 3.37. The highest BCUT2D eigenvalue weighted by Crippen LogP contribution is 2.18. The predicted octanol–water partition coefficient (Wildman–Crippen LogP) is 3.54. The maximum Gasteiger partial charge on any atom is 0.251 e. The lowest BCUT2D eigenvalue weighted by Crippen LogP contribution is -2.12. The van der Waals surface area contributed by atoms with Crippen LogP contribution in [-0.4, -0.2) is 9.97 Å². The van der Waals surface area contributed by atoms with Gasteiger partial charge in [0.05, 0.1) is 11.6 Å². The summed E-state index contributed by atoms with van der Waals surface area (Å²) < 4.78 is 0. The van der Waals surface area contributed by atoms with Gasteiger partial charge in [-0.15, -0.1) is 0 Å². The molecule has 1 aromatic carbocycles. The lowest BCUT2D eigenvalue weighted by atomic mass is 10.1. The van der Waals surface area contributed by atoms with Gasteiger partial charge in [0.2, 0.25) is 0 Å². The van der Waals surface area contributed by atoms with Crippen LogP contribution in [0.25, 0.3) is 11.6 Å². The van der Waals surface area contributed by atoms with E-state index in [0.29, 0.717) is 11.4 Å². The van der Waals surface area contributed by atoms with E-state index in [4.69, 9.17) is 5.26 Å². The Labute approximate surface area is 130 Å². The SMILES string of the molecule is CCCc1cc(=O)[nH]c(/C(=C\c2ccc(C#N)cc2)CC)n1. The van der Waals surface area contributed by atoms with Crippen molar-refractivity contribution in [3.05, 3.63) is 63.3 Å². The van der Waals surface area contributed by atoms with E-state index in [0.717, 1.165) is 36.1 Å². The van der Waals surface area contributed by atoms with Crippen LogP contribution in [0.5, 0.6) is 0 Å². The Hall–Kier alpha value is -2.67. The summed E-state index contributed by atoms with van der Waals surface area (Å²) in [4.78, 5) is 19.1. The highest BCUT2D eigenvalue weighted by molar-refractivity contribution is 5.78. The number of benzene rings is 1. The van der Waals surface area contributed by atoms with Crippen molar-refractivity contribution in [1.82, 2.24) is 9.97 Å². The fourth-order valence-electron chi connectivity index (χ4n) is 2.24. The van der Waals surface area contributed by atoms with Crippen molar-refractivity contribution in [3.63, 3.8) is 0 Å². The zero-order valence-electron chi connectivity index (χ0n) is 12.9. The Morgan fingerprint density at radius 2 is 2.05 bits per heavy atom. The molecule has 2 aromatic rings. The second-order valence-corrected chi connectivity index (χ2v) is 5.09. The van der Waals surface area contributed by atoms with Gasteiger partial charge in [-0.3, -0.25) is 4.79 Å². The summed E-state index contributed by atoms with van der Waals surface area (Å²) >= 11 is 0. The molecule has 0 aliphatic heterocycles. The number of aryl methyl sites for hydroxylation is 1. The molecule has 4 heteroatoms. The first-order chi connectivity index (χ1) is 10.7. The lowest BCUT2D eigenvalue weighted by molar-refractivity contribution is 0.857. The number of hydrogen-bond donors (Lipinski definition) is 1. The monoisotopic (exact) mass is 293 g/mol. The van der Waals surface area contributed by atoms with Crippen molar-refractivity contribution in [1.29, 1.82) is 5.26 Å². The molecule has 112 valence electrons. The van der Waals surface area contributed by atoms with Crippen molar-refractivity contribution in [2.45, 2.75) is 33.1 Å². The third-order valence-electron chi connectivity index (χ3n) is 3.37. The summed E-state index contributed by atoms with van der Waals surface area (Å²) in [6.45, 7) is 4.10. The van der Waals surface area contributed by atoms with Gasteiger partial charge < -0.3 is 4.98 Å². The molecule has 0 unspecified atom stereocenters. The molecular weight excluding hydrogens is 274 g/mol. The number of rotatable bonds is 5. The molecule has 0 saturated carbocycles. The summed E-state index contributed by atoms with van der Waals surface area (Å²) in [7, 11) is 0. The van der Waals surface area contributed by atoms with Gasteiger partial charge >= 0.3 is 0 Å². The quantitative estimate of drug-likeness (QED) is 0.916. The second-order valence-electron chi connectivity index (χ2n) is 5.09. The first-order valence-corrected chi connectivity index (χ1v) is 7.47. The first-order valence-electron chi connectivity index (χ1n) is 7.47. The van der Waals surface area contributed by atoms with Gasteiger partial charge in [0, 0.05) is 11.8 Å². The van der Waals surface area contributed by atoms with Crippen LogP contribution >= 0.6 is 0 Å². The predicted molar refractivity (Wildman–Crippen MR) is 88.2 cm³/mol. The Balaban J connectivity index is 2.40. The number of H-pyrrole nitrogens is 1. The van der Waals surface area contributed by atoms with Gasteiger partial charge in [-0.2, -0.15) is 5.26 Å². The molecule has 0 saturated heterocycles. The zero-order chi connectivity index (χ0) is 15.9. The van der Waals surface area contributed by atoms with Crippen LogP contribution in [0.1, 0.15) is 49.3 Å². The molecule has 1 aromatic heterocycles. The average molecular weight is 293 g/mol. The number of nitriles is 1. The van der Waals surface area contributed by atoms with Crippen molar-refractivity contribution in [2.24, 2.45) is 0 Å². The van der Waals surface area contributed by atoms with E-state index >= 15 is 0 Å². The summed E-state index contributed by atoms with van der Waals surface area (Å²) in [6.07, 6.45) is 4.51. The molecule has 0 spiro atoms. The molecule has 0 bridgehead atoms. The standard InChI is InChI=1S/C18H19N3O/c1-3-5-16-11-17(22)21-18(20-16)15(4-2)10-13-6-8-14(12-19)9-7-13/h6-11H,3-5H2,1-2H3,(H,20,21,22)/b15-10-. The van der Waals surface area contributed by atoms with Gasteiger partial charge in [0.25, 0.3) is 5.56 Å². The summed E-state index contributed by atoms with van der Waals surface area (Å²) in [5.74, 6) is 0.628. The molecule has 1 heterocycles. The van der Waals surface area contributed by atoms with Gasteiger partial charge in [-0.25, -0.2) is 4.98 Å². The van der Waals surface area contributed by atoms with Crippen LogP contribution in [0.15, 0.2) is 35.1 Å². The van der Waals surface area contributed by atoms with Crippen LogP contribution in [0.2, 0.25) is 0 Å². The molecule has 2 rings (SSSR count). The summed E-state index contributed by atoms with van der Waals surface area (Å²) in [5, 5.41) is 8.83. The molecule has 0 fully saturated rings. The van der Waals surface area contributed by atoms with Gasteiger partial charge in [0.15, 0.2) is 0 Å². The fraction of sp³-hybridized carbons (Fsp3) is 0.278. The molecular formula is C18H19N3O. The van der Waals surface area contributed by atoms with Crippen LogP contribution in [0, 0.1) is 11.3 Å². The minimum absolute atomic E-state index is 0.118. The maximum absolute atomic E-state index is 11.8. The maximum atomic E-state index is 11.8. The molecule has 0 aliphatic rings. The van der Waals surface area contributed by atoms with E-state index in [1.54, 1.807) is 18.2 Å². The number of hydrogen-bond acceptors (Lipinski definition) is 3. The topological polar surface area (TPSA) is 69.5 Å². The minimum atomic E-state index is -0.118. The summed E-state index contributed by atoms with van der Waals surface area (Å²) in [5.41, 5.74) is 3.29. The normalized spacial score (nSPS) is 11.2. The molecule has 0 amide bonds. The molecule has 0 atom stereocenters. The fourth-order valence-corrected chi connectivity index (χ4v) is 2.24. The van der Waals surface area contributed by atoms with Crippen molar-refractivity contribution in [3.8, 4) is 6.07 Å². The van der Waals surface area contributed by atoms with E-state index in [9.17, 15) is 4.79 Å². The van der Waals surface area contributed by atoms with Crippen molar-refractivity contribution >= 4 is 11.6 Å². The number of aromatic nitrogens is 2. The highest BCUT2D eigenvalue weighted by atomic mass is 16.1. The van der Waals surface area contributed by atoms with E-state index in [-0.39, 0.29) is 5.56 Å². The van der Waals surface area contributed by atoms with Crippen LogP contribution in [0.3, 0.4) is 0 Å². The van der Waals surface area contributed by atoms with E-state index in [1.807, 2.05) is 25.1 Å². The number of allylic oxidation sites excluding steroid dienone is 1. The second kappa shape index (κ2) is 7.37. The van der Waals surface area contributed by atoms with Crippen molar-refractivity contribution < 1.29 is 0 Å². The molecule has 22 heavy (non-hydrogen) atoms. The Kier molecular flexibility index (Phi) is 5.26. The van der Waals surface area contributed by atoms with E-state index < -0.39 is 0 Å². The smallest absolute Gasteiger partial charge is 0.251 e. The Bertz CT molecular complexity index is 764. The lowest BCUT2D eigenvalue weighted by Gasteiger charge is -2.07. The number of nitrogens with one attached hydrogen (secondary N) is 1. The largest absolute Gasteiger partial charge is 0.307 e. The Morgan fingerprint density at radius 3 is 2.64 bits per heavy atom. The number of aromatic amines is 1. The third kappa shape index (κ3) is 3.92. The van der Waals surface area contributed by atoms with E-state index in [1.165, 1.54) is 0 Å². The number of nitrogens with zero attached hydrogens (tertiary/aromatic N) is 2. The summed E-state index contributed by atoms with van der Waals surface area (Å²) in [6, 6.07) is 11.0. The molecule has 0 radical (unpaired) electrons.